The molecule has 1 saturated heterocycles. The Morgan fingerprint density at radius 1 is 1.24 bits per heavy atom. The van der Waals surface area contributed by atoms with Gasteiger partial charge in [0.1, 0.15) is 0 Å². The Balaban J connectivity index is 0.00000312. The van der Waals surface area contributed by atoms with Crippen LogP contribution in [-0.2, 0) is 16.4 Å². The smallest absolute Gasteiger partial charge is 0.191 e. The van der Waals surface area contributed by atoms with Gasteiger partial charge >= 0.3 is 0 Å². The Kier molecular flexibility index (Phi) is 10.4. The summed E-state index contributed by atoms with van der Waals surface area (Å²) in [6.07, 6.45) is 4.66. The number of nitrogens with zero attached hydrogens (tertiary/aromatic N) is 4. The van der Waals surface area contributed by atoms with Crippen LogP contribution in [0.2, 0.25) is 0 Å². The van der Waals surface area contributed by atoms with Crippen molar-refractivity contribution < 1.29 is 8.42 Å². The lowest BCUT2D eigenvalue weighted by Gasteiger charge is -2.26. The molecule has 2 rings (SSSR count). The van der Waals surface area contributed by atoms with Crippen LogP contribution in [-0.4, -0.2) is 79.8 Å². The largest absolute Gasteiger partial charge is 0.357 e. The number of halogens is 1. The summed E-state index contributed by atoms with van der Waals surface area (Å²) in [6.45, 7) is 7.28. The zero-order chi connectivity index (χ0) is 17.3. The molecule has 144 valence electrons. The maximum absolute atomic E-state index is 11.4. The lowest BCUT2D eigenvalue weighted by Crippen LogP contribution is -2.46. The minimum Gasteiger partial charge on any atom is -0.357 e. The van der Waals surface area contributed by atoms with Gasteiger partial charge in [-0.1, -0.05) is 0 Å². The Hall–Kier alpha value is -0.880. The summed E-state index contributed by atoms with van der Waals surface area (Å²) >= 11 is 0. The highest BCUT2D eigenvalue weighted by Gasteiger charge is 2.20. The van der Waals surface area contributed by atoms with E-state index < -0.39 is 9.84 Å². The van der Waals surface area contributed by atoms with Crippen molar-refractivity contribution in [2.75, 3.05) is 50.8 Å². The molecule has 1 aliphatic rings. The Labute approximate surface area is 167 Å². The monoisotopic (exact) mass is 484 g/mol. The first kappa shape index (κ1) is 22.2. The second kappa shape index (κ2) is 11.7. The molecule has 0 aromatic carbocycles. The number of rotatable bonds is 8. The van der Waals surface area contributed by atoms with E-state index >= 15 is 0 Å². The van der Waals surface area contributed by atoms with E-state index in [0.717, 1.165) is 45.1 Å². The maximum Gasteiger partial charge on any atom is 0.191 e. The van der Waals surface area contributed by atoms with Crippen molar-refractivity contribution in [1.82, 2.24) is 25.3 Å². The number of aryl methyl sites for hydroxylation is 1. The van der Waals surface area contributed by atoms with Crippen LogP contribution < -0.4 is 10.6 Å². The summed E-state index contributed by atoms with van der Waals surface area (Å²) in [5.41, 5.74) is 0. The zero-order valence-electron chi connectivity index (χ0n) is 14.7. The molecule has 0 unspecified atom stereocenters. The molecule has 0 amide bonds. The van der Waals surface area contributed by atoms with E-state index in [9.17, 15) is 8.42 Å². The van der Waals surface area contributed by atoms with Crippen LogP contribution in [0.4, 0.5) is 0 Å². The standard InChI is InChI=1S/C15H28N6O2S.HI/c1-2-16-15(17-5-3-8-21-9-4-6-19-21)18-7-10-20-11-13-24(22,23)14-12-20;/h4,6,9H,2-3,5,7-8,10-14H2,1H3,(H2,16,17,18);1H. The lowest BCUT2D eigenvalue weighted by molar-refractivity contribution is 0.299. The summed E-state index contributed by atoms with van der Waals surface area (Å²) in [5.74, 6) is 1.35. The molecule has 0 saturated carbocycles. The number of nitrogens with one attached hydrogen (secondary N) is 2. The van der Waals surface area contributed by atoms with Gasteiger partial charge in [-0.15, -0.1) is 24.0 Å². The number of hydrogen-bond acceptors (Lipinski definition) is 5. The topological polar surface area (TPSA) is 91.6 Å². The van der Waals surface area contributed by atoms with Crippen LogP contribution in [0.5, 0.6) is 0 Å². The third kappa shape index (κ3) is 8.86. The normalized spacial score (nSPS) is 17.7. The number of sulfone groups is 1. The van der Waals surface area contributed by atoms with Gasteiger partial charge in [0, 0.05) is 58.2 Å². The van der Waals surface area contributed by atoms with Crippen molar-refractivity contribution in [3.8, 4) is 0 Å². The molecule has 0 spiro atoms. The van der Waals surface area contributed by atoms with Gasteiger partial charge in [-0.3, -0.25) is 14.6 Å². The molecule has 1 aromatic heterocycles. The fourth-order valence-corrected chi connectivity index (χ4v) is 3.78. The van der Waals surface area contributed by atoms with Crippen LogP contribution in [0.15, 0.2) is 23.5 Å². The lowest BCUT2D eigenvalue weighted by atomic mass is 10.4. The van der Waals surface area contributed by atoms with Crippen molar-refractivity contribution in [2.24, 2.45) is 4.99 Å². The van der Waals surface area contributed by atoms with Crippen molar-refractivity contribution >= 4 is 39.8 Å². The van der Waals surface area contributed by atoms with Crippen molar-refractivity contribution in [3.63, 3.8) is 0 Å². The molecule has 8 nitrogen and oxygen atoms in total. The molecule has 0 aliphatic carbocycles. The van der Waals surface area contributed by atoms with Crippen LogP contribution in [0, 0.1) is 0 Å². The second-order valence-electron chi connectivity index (χ2n) is 5.80. The Morgan fingerprint density at radius 3 is 2.64 bits per heavy atom. The zero-order valence-corrected chi connectivity index (χ0v) is 17.9. The van der Waals surface area contributed by atoms with E-state index in [0.29, 0.717) is 13.1 Å². The van der Waals surface area contributed by atoms with Crippen LogP contribution in [0.3, 0.4) is 0 Å². The molecule has 2 N–H and O–H groups in total. The highest BCUT2D eigenvalue weighted by molar-refractivity contribution is 14.0. The maximum atomic E-state index is 11.4. The molecule has 0 atom stereocenters. The molecule has 1 fully saturated rings. The van der Waals surface area contributed by atoms with Gasteiger partial charge in [0.2, 0.25) is 0 Å². The van der Waals surface area contributed by atoms with Crippen molar-refractivity contribution in [3.05, 3.63) is 18.5 Å². The third-order valence-electron chi connectivity index (χ3n) is 3.88. The van der Waals surface area contributed by atoms with Gasteiger partial charge in [0.25, 0.3) is 0 Å². The summed E-state index contributed by atoms with van der Waals surface area (Å²) < 4.78 is 24.7. The average Bonchev–Trinajstić information content (AvgIpc) is 3.06. The SMILES string of the molecule is CCNC(=NCCCn1cccn1)NCCN1CCS(=O)(=O)CC1.I. The van der Waals surface area contributed by atoms with Crippen molar-refractivity contribution in [2.45, 2.75) is 19.9 Å². The molecule has 2 heterocycles. The molecule has 1 aliphatic heterocycles. The van der Waals surface area contributed by atoms with E-state index in [2.05, 4.69) is 25.6 Å². The van der Waals surface area contributed by atoms with E-state index in [1.165, 1.54) is 0 Å². The highest BCUT2D eigenvalue weighted by atomic mass is 127. The molecule has 0 bridgehead atoms. The fraction of sp³-hybridized carbons (Fsp3) is 0.733. The van der Waals surface area contributed by atoms with Crippen molar-refractivity contribution in [1.29, 1.82) is 0 Å². The van der Waals surface area contributed by atoms with E-state index in [1.54, 1.807) is 6.20 Å². The van der Waals surface area contributed by atoms with Gasteiger partial charge < -0.3 is 10.6 Å². The Morgan fingerprint density at radius 2 is 2.00 bits per heavy atom. The first-order valence-electron chi connectivity index (χ1n) is 8.51. The van der Waals surface area contributed by atoms with Gasteiger partial charge in [0.15, 0.2) is 15.8 Å². The van der Waals surface area contributed by atoms with E-state index in [-0.39, 0.29) is 35.5 Å². The number of hydrogen-bond donors (Lipinski definition) is 2. The van der Waals surface area contributed by atoms with Crippen LogP contribution in [0.1, 0.15) is 13.3 Å². The minimum absolute atomic E-state index is 0. The molecule has 0 radical (unpaired) electrons. The predicted octanol–water partition coefficient (Wildman–Crippen LogP) is 0.177. The molecule has 1 aromatic rings. The molecule has 10 heteroatoms. The third-order valence-corrected chi connectivity index (χ3v) is 5.49. The van der Waals surface area contributed by atoms with Gasteiger partial charge in [-0.25, -0.2) is 8.42 Å². The summed E-state index contributed by atoms with van der Waals surface area (Å²) in [7, 11) is -2.80. The summed E-state index contributed by atoms with van der Waals surface area (Å²) in [5, 5.41) is 10.7. The quantitative estimate of drug-likeness (QED) is 0.237. The highest BCUT2D eigenvalue weighted by Crippen LogP contribution is 2.02. The Bertz CT molecular complexity index is 592. The summed E-state index contributed by atoms with van der Waals surface area (Å²) in [6, 6.07) is 1.92. The van der Waals surface area contributed by atoms with Crippen LogP contribution in [0.25, 0.3) is 0 Å². The number of aliphatic imine (C=N–C) groups is 1. The second-order valence-corrected chi connectivity index (χ2v) is 8.11. The number of aromatic nitrogens is 2. The van der Waals surface area contributed by atoms with Gasteiger partial charge in [-0.05, 0) is 19.4 Å². The molecule has 25 heavy (non-hydrogen) atoms. The van der Waals surface area contributed by atoms with Gasteiger partial charge in [0.05, 0.1) is 11.5 Å². The molecular weight excluding hydrogens is 455 g/mol. The van der Waals surface area contributed by atoms with E-state index in [1.807, 2.05) is 23.9 Å². The first-order chi connectivity index (χ1) is 11.6. The minimum atomic E-state index is -2.80. The van der Waals surface area contributed by atoms with E-state index in [4.69, 9.17) is 0 Å². The number of guanidine groups is 1. The predicted molar refractivity (Wildman–Crippen MR) is 111 cm³/mol. The molecular formula is C15H29IN6O2S. The average molecular weight is 484 g/mol. The summed E-state index contributed by atoms with van der Waals surface area (Å²) in [4.78, 5) is 6.73. The van der Waals surface area contributed by atoms with Crippen LogP contribution >= 0.6 is 24.0 Å². The first-order valence-corrected chi connectivity index (χ1v) is 10.3. The van der Waals surface area contributed by atoms with Gasteiger partial charge in [-0.2, -0.15) is 5.10 Å². The fourth-order valence-electron chi connectivity index (χ4n) is 2.50.